The molecule has 1 heterocycles. The molecule has 0 aromatic carbocycles. The van der Waals surface area contributed by atoms with Crippen LogP contribution in [0.15, 0.2) is 12.5 Å². The minimum absolute atomic E-state index is 0.0312. The Morgan fingerprint density at radius 1 is 1.70 bits per heavy atom. The monoisotopic (exact) mass is 163 g/mol. The van der Waals surface area contributed by atoms with Crippen molar-refractivity contribution >= 4 is 9.84 Å². The second-order valence-corrected chi connectivity index (χ2v) is 4.33. The van der Waals surface area contributed by atoms with Crippen molar-refractivity contribution in [2.24, 2.45) is 0 Å². The Morgan fingerprint density at radius 3 is 2.80 bits per heavy atom. The highest BCUT2D eigenvalue weighted by Gasteiger charge is 2.10. The molecule has 0 saturated heterocycles. The van der Waals surface area contributed by atoms with Crippen LogP contribution >= 0.6 is 0 Å². The van der Waals surface area contributed by atoms with Crippen molar-refractivity contribution in [1.82, 2.24) is 4.90 Å². The maximum atomic E-state index is 10.7. The van der Waals surface area contributed by atoms with Crippen LogP contribution in [-0.4, -0.2) is 32.2 Å². The molecule has 4 nitrogen and oxygen atoms in total. The Kier molecular flexibility index (Phi) is 1.85. The van der Waals surface area contributed by atoms with E-state index in [-0.39, 0.29) is 5.88 Å². The number of hydrogen-bond acceptors (Lipinski definition) is 4. The molecule has 0 N–H and O–H groups in total. The molecule has 0 fully saturated rings. The number of ether oxygens (including phenoxy) is 1. The van der Waals surface area contributed by atoms with Gasteiger partial charge in [0.2, 0.25) is 0 Å². The lowest BCUT2D eigenvalue weighted by Gasteiger charge is -2.10. The highest BCUT2D eigenvalue weighted by Crippen LogP contribution is 2.01. The predicted octanol–water partition coefficient (Wildman–Crippen LogP) is -0.251. The van der Waals surface area contributed by atoms with Gasteiger partial charge in [-0.3, -0.25) is 0 Å². The van der Waals surface area contributed by atoms with E-state index in [4.69, 9.17) is 4.74 Å². The fraction of sp³-hybridized carbons (Fsp3) is 0.600. The number of nitrogens with zero attached hydrogens (tertiary/aromatic N) is 1. The van der Waals surface area contributed by atoms with E-state index in [1.54, 1.807) is 11.1 Å². The molecule has 10 heavy (non-hydrogen) atoms. The average Bonchev–Trinajstić information content (AvgIpc) is 2.12. The SMILES string of the molecule is CS(=O)(=O)CN1C=COC1. The molecule has 0 spiro atoms. The Labute approximate surface area is 60.0 Å². The van der Waals surface area contributed by atoms with Gasteiger partial charge >= 0.3 is 0 Å². The van der Waals surface area contributed by atoms with E-state index in [9.17, 15) is 8.42 Å². The molecule has 0 bridgehead atoms. The van der Waals surface area contributed by atoms with E-state index in [1.165, 1.54) is 12.5 Å². The number of sulfone groups is 1. The van der Waals surface area contributed by atoms with E-state index in [0.717, 1.165) is 0 Å². The summed E-state index contributed by atoms with van der Waals surface area (Å²) in [5.41, 5.74) is 0. The van der Waals surface area contributed by atoms with Crippen molar-refractivity contribution in [1.29, 1.82) is 0 Å². The highest BCUT2D eigenvalue weighted by molar-refractivity contribution is 7.90. The summed E-state index contributed by atoms with van der Waals surface area (Å²) in [7, 11) is -2.91. The lowest BCUT2D eigenvalue weighted by atomic mass is 10.9. The van der Waals surface area contributed by atoms with Gasteiger partial charge in [-0.05, 0) is 0 Å². The summed E-state index contributed by atoms with van der Waals surface area (Å²) in [6, 6.07) is 0. The number of hydrogen-bond donors (Lipinski definition) is 0. The van der Waals surface area contributed by atoms with Gasteiger partial charge in [-0.1, -0.05) is 0 Å². The summed E-state index contributed by atoms with van der Waals surface area (Å²) in [5, 5.41) is 0. The lowest BCUT2D eigenvalue weighted by molar-refractivity contribution is 0.185. The van der Waals surface area contributed by atoms with Crippen LogP contribution in [0.5, 0.6) is 0 Å². The third kappa shape index (κ3) is 2.26. The maximum Gasteiger partial charge on any atom is 0.165 e. The van der Waals surface area contributed by atoms with Crippen LogP contribution in [0.25, 0.3) is 0 Å². The van der Waals surface area contributed by atoms with E-state index >= 15 is 0 Å². The molecule has 5 heteroatoms. The summed E-state index contributed by atoms with van der Waals surface area (Å²) >= 11 is 0. The fourth-order valence-electron chi connectivity index (χ4n) is 0.692. The van der Waals surface area contributed by atoms with Crippen LogP contribution in [-0.2, 0) is 14.6 Å². The zero-order chi connectivity index (χ0) is 7.61. The molecule has 0 atom stereocenters. The predicted molar refractivity (Wildman–Crippen MR) is 36.6 cm³/mol. The van der Waals surface area contributed by atoms with Gasteiger partial charge < -0.3 is 9.64 Å². The number of rotatable bonds is 2. The van der Waals surface area contributed by atoms with Crippen molar-refractivity contribution in [2.75, 3.05) is 18.9 Å². The molecule has 0 aromatic heterocycles. The van der Waals surface area contributed by atoms with Gasteiger partial charge in [0.15, 0.2) is 16.6 Å². The first-order valence-electron chi connectivity index (χ1n) is 2.78. The minimum atomic E-state index is -2.91. The zero-order valence-corrected chi connectivity index (χ0v) is 6.47. The minimum Gasteiger partial charge on any atom is -0.479 e. The Balaban J connectivity index is 2.47. The molecule has 0 aromatic rings. The summed E-state index contributed by atoms with van der Waals surface area (Å²) in [4.78, 5) is 1.58. The van der Waals surface area contributed by atoms with Gasteiger partial charge in [0, 0.05) is 12.5 Å². The Morgan fingerprint density at radius 2 is 2.40 bits per heavy atom. The lowest BCUT2D eigenvalue weighted by Crippen LogP contribution is -2.22. The summed E-state index contributed by atoms with van der Waals surface area (Å²) in [6.45, 7) is 0.340. The van der Waals surface area contributed by atoms with E-state index in [0.29, 0.717) is 6.73 Å². The zero-order valence-electron chi connectivity index (χ0n) is 5.65. The molecule has 0 saturated carbocycles. The van der Waals surface area contributed by atoms with Crippen LogP contribution in [0.4, 0.5) is 0 Å². The van der Waals surface area contributed by atoms with Crippen molar-refractivity contribution in [2.45, 2.75) is 0 Å². The molecular weight excluding hydrogens is 154 g/mol. The van der Waals surface area contributed by atoms with E-state index < -0.39 is 9.84 Å². The van der Waals surface area contributed by atoms with Crippen molar-refractivity contribution in [3.05, 3.63) is 12.5 Å². The van der Waals surface area contributed by atoms with Gasteiger partial charge in [0.05, 0.1) is 0 Å². The topological polar surface area (TPSA) is 46.6 Å². The van der Waals surface area contributed by atoms with Crippen LogP contribution in [0.3, 0.4) is 0 Å². The van der Waals surface area contributed by atoms with Crippen LogP contribution < -0.4 is 0 Å². The first-order valence-corrected chi connectivity index (χ1v) is 4.84. The highest BCUT2D eigenvalue weighted by atomic mass is 32.2. The molecule has 1 rings (SSSR count). The molecule has 58 valence electrons. The van der Waals surface area contributed by atoms with E-state index in [1.807, 2.05) is 0 Å². The second kappa shape index (κ2) is 2.49. The van der Waals surface area contributed by atoms with Gasteiger partial charge in [0.25, 0.3) is 0 Å². The third-order valence-corrected chi connectivity index (χ3v) is 1.81. The van der Waals surface area contributed by atoms with Crippen molar-refractivity contribution in [3.8, 4) is 0 Å². The second-order valence-electron chi connectivity index (χ2n) is 2.22. The molecule has 1 aliphatic rings. The molecule has 1 aliphatic heterocycles. The third-order valence-electron chi connectivity index (χ3n) is 1.01. The van der Waals surface area contributed by atoms with Crippen LogP contribution in [0.1, 0.15) is 0 Å². The first-order chi connectivity index (χ1) is 4.58. The normalized spacial score (nSPS) is 17.5. The maximum absolute atomic E-state index is 10.7. The quantitative estimate of drug-likeness (QED) is 0.563. The summed E-state index contributed by atoms with van der Waals surface area (Å²) in [6.07, 6.45) is 4.28. The van der Waals surface area contributed by atoms with Crippen molar-refractivity contribution in [3.63, 3.8) is 0 Å². The van der Waals surface area contributed by atoms with Gasteiger partial charge in [0.1, 0.15) is 12.1 Å². The largest absolute Gasteiger partial charge is 0.479 e. The average molecular weight is 163 g/mol. The molecule has 0 aliphatic carbocycles. The molecule has 0 amide bonds. The van der Waals surface area contributed by atoms with Gasteiger partial charge in [-0.2, -0.15) is 0 Å². The Hall–Kier alpha value is -0.710. The van der Waals surface area contributed by atoms with Gasteiger partial charge in [-0.15, -0.1) is 0 Å². The smallest absolute Gasteiger partial charge is 0.165 e. The summed E-state index contributed by atoms with van der Waals surface area (Å²) < 4.78 is 26.1. The molecular formula is C5H9NO3S. The van der Waals surface area contributed by atoms with Crippen LogP contribution in [0, 0.1) is 0 Å². The fourth-order valence-corrected chi connectivity index (χ4v) is 1.46. The van der Waals surface area contributed by atoms with Crippen molar-refractivity contribution < 1.29 is 13.2 Å². The molecule has 0 unspecified atom stereocenters. The molecule has 0 radical (unpaired) electrons. The standard InChI is InChI=1S/C5H9NO3S/c1-10(7,8)5-6-2-3-9-4-6/h2-3H,4-5H2,1H3. The first kappa shape index (κ1) is 7.40. The Bertz CT molecular complexity index is 231. The van der Waals surface area contributed by atoms with Crippen LogP contribution in [0.2, 0.25) is 0 Å². The summed E-state index contributed by atoms with van der Waals surface area (Å²) in [5.74, 6) is 0.0312. The van der Waals surface area contributed by atoms with E-state index in [2.05, 4.69) is 0 Å². The van der Waals surface area contributed by atoms with Gasteiger partial charge in [-0.25, -0.2) is 8.42 Å².